The van der Waals surface area contributed by atoms with E-state index in [4.69, 9.17) is 4.74 Å². The van der Waals surface area contributed by atoms with Crippen molar-refractivity contribution in [2.75, 3.05) is 0 Å². The number of esters is 1. The van der Waals surface area contributed by atoms with Gasteiger partial charge in [-0.3, -0.25) is 4.79 Å². The average Bonchev–Trinajstić information content (AvgIpc) is 2.46. The highest BCUT2D eigenvalue weighted by Crippen LogP contribution is 2.60. The molecule has 4 fully saturated rings. The molecule has 6 heteroatoms. The summed E-state index contributed by atoms with van der Waals surface area (Å²) < 4.78 is 45.8. The minimum atomic E-state index is -4.72. The monoisotopic (exact) mass is 340 g/mol. The first-order valence-corrected chi connectivity index (χ1v) is 8.39. The van der Waals surface area contributed by atoms with Crippen molar-refractivity contribution in [2.45, 2.75) is 44.9 Å². The van der Waals surface area contributed by atoms with E-state index in [9.17, 15) is 18.0 Å². The normalized spacial score (nSPS) is 34.2. The van der Waals surface area contributed by atoms with Crippen molar-refractivity contribution in [3.05, 3.63) is 24.3 Å². The Morgan fingerprint density at radius 2 is 1.38 bits per heavy atom. The Labute approximate surface area is 138 Å². The lowest BCUT2D eigenvalue weighted by Gasteiger charge is -2.55. The number of benzene rings is 1. The van der Waals surface area contributed by atoms with Gasteiger partial charge in [-0.25, -0.2) is 0 Å². The van der Waals surface area contributed by atoms with Crippen LogP contribution >= 0.6 is 0 Å². The molecule has 4 aliphatic rings. The van der Waals surface area contributed by atoms with E-state index in [0.29, 0.717) is 17.8 Å². The van der Waals surface area contributed by atoms with Crippen LogP contribution in [0.5, 0.6) is 11.5 Å². The van der Waals surface area contributed by atoms with Gasteiger partial charge in [-0.1, -0.05) is 0 Å². The van der Waals surface area contributed by atoms with E-state index in [2.05, 4.69) is 4.74 Å². The molecule has 0 atom stereocenters. The average molecular weight is 340 g/mol. The number of hydrogen-bond acceptors (Lipinski definition) is 3. The predicted octanol–water partition coefficient (Wildman–Crippen LogP) is 4.71. The molecule has 5 rings (SSSR count). The van der Waals surface area contributed by atoms with Crippen LogP contribution in [0.25, 0.3) is 0 Å². The van der Waals surface area contributed by atoms with Crippen LogP contribution in [0.15, 0.2) is 24.3 Å². The molecule has 0 saturated heterocycles. The third-order valence-electron chi connectivity index (χ3n) is 5.74. The Kier molecular flexibility index (Phi) is 3.55. The zero-order valence-corrected chi connectivity index (χ0v) is 13.1. The van der Waals surface area contributed by atoms with Crippen molar-refractivity contribution in [1.82, 2.24) is 0 Å². The van der Waals surface area contributed by atoms with Crippen molar-refractivity contribution >= 4 is 5.97 Å². The van der Waals surface area contributed by atoms with Crippen LogP contribution in [0.3, 0.4) is 0 Å². The van der Waals surface area contributed by atoms with Crippen molar-refractivity contribution in [3.63, 3.8) is 0 Å². The molecule has 0 radical (unpaired) electrons. The molecule has 0 spiro atoms. The van der Waals surface area contributed by atoms with Crippen LogP contribution in [0.2, 0.25) is 0 Å². The van der Waals surface area contributed by atoms with E-state index in [1.165, 1.54) is 31.4 Å². The van der Waals surface area contributed by atoms with E-state index in [-0.39, 0.29) is 22.9 Å². The molecular weight excluding hydrogens is 321 g/mol. The summed E-state index contributed by atoms with van der Waals surface area (Å²) >= 11 is 0. The van der Waals surface area contributed by atoms with E-state index < -0.39 is 6.36 Å². The SMILES string of the molecule is O=C(Oc1ccc(OC(F)(F)F)cc1)C12CC3CC(CC(C3)C1)C2. The fourth-order valence-electron chi connectivity index (χ4n) is 5.29. The molecule has 1 aromatic rings. The fourth-order valence-corrected chi connectivity index (χ4v) is 5.29. The van der Waals surface area contributed by atoms with Gasteiger partial charge >= 0.3 is 12.3 Å². The smallest absolute Gasteiger partial charge is 0.426 e. The quantitative estimate of drug-likeness (QED) is 0.591. The Morgan fingerprint density at radius 3 is 1.83 bits per heavy atom. The largest absolute Gasteiger partial charge is 0.573 e. The molecule has 0 aliphatic heterocycles. The van der Waals surface area contributed by atoms with Crippen LogP contribution in [-0.2, 0) is 4.79 Å². The molecule has 0 aromatic heterocycles. The topological polar surface area (TPSA) is 35.5 Å². The summed E-state index contributed by atoms with van der Waals surface area (Å²) in [6.07, 6.45) is 1.66. The number of alkyl halides is 3. The minimum Gasteiger partial charge on any atom is -0.426 e. The van der Waals surface area contributed by atoms with Gasteiger partial charge in [0.15, 0.2) is 0 Å². The number of rotatable bonds is 3. The number of carbonyl (C=O) groups excluding carboxylic acids is 1. The Bertz CT molecular complexity index is 601. The summed E-state index contributed by atoms with van der Waals surface area (Å²) in [6, 6.07) is 5.02. The van der Waals surface area contributed by atoms with Crippen LogP contribution in [0.4, 0.5) is 13.2 Å². The molecule has 3 nitrogen and oxygen atoms in total. The van der Waals surface area contributed by atoms with E-state index in [1.54, 1.807) is 0 Å². The molecule has 0 amide bonds. The maximum Gasteiger partial charge on any atom is 0.573 e. The molecule has 0 heterocycles. The van der Waals surface area contributed by atoms with Crippen molar-refractivity contribution in [3.8, 4) is 11.5 Å². The summed E-state index contributed by atoms with van der Waals surface area (Å²) in [4.78, 5) is 12.7. The number of hydrogen-bond donors (Lipinski definition) is 0. The van der Waals surface area contributed by atoms with Gasteiger partial charge in [-0.15, -0.1) is 13.2 Å². The van der Waals surface area contributed by atoms with E-state index >= 15 is 0 Å². The molecule has 4 saturated carbocycles. The molecular formula is C18H19F3O3. The lowest BCUT2D eigenvalue weighted by atomic mass is 9.49. The molecule has 0 N–H and O–H groups in total. The van der Waals surface area contributed by atoms with Gasteiger partial charge in [0.05, 0.1) is 5.41 Å². The van der Waals surface area contributed by atoms with E-state index in [1.807, 2.05) is 0 Å². The van der Waals surface area contributed by atoms with Gasteiger partial charge in [0, 0.05) is 0 Å². The summed E-state index contributed by atoms with van der Waals surface area (Å²) in [5.41, 5.74) is -0.379. The Balaban J connectivity index is 1.45. The minimum absolute atomic E-state index is 0.217. The van der Waals surface area contributed by atoms with Gasteiger partial charge in [-0.2, -0.15) is 0 Å². The van der Waals surface area contributed by atoms with Crippen LogP contribution < -0.4 is 9.47 Å². The predicted molar refractivity (Wildman–Crippen MR) is 79.4 cm³/mol. The summed E-state index contributed by atoms with van der Waals surface area (Å²) in [5, 5.41) is 0. The van der Waals surface area contributed by atoms with Crippen LogP contribution in [-0.4, -0.2) is 12.3 Å². The van der Waals surface area contributed by atoms with Gasteiger partial charge in [0.25, 0.3) is 0 Å². The van der Waals surface area contributed by atoms with Gasteiger partial charge < -0.3 is 9.47 Å². The highest BCUT2D eigenvalue weighted by atomic mass is 19.4. The summed E-state index contributed by atoms with van der Waals surface area (Å²) in [5.74, 6) is 1.62. The van der Waals surface area contributed by atoms with Gasteiger partial charge in [-0.05, 0) is 80.5 Å². The number of carbonyl (C=O) groups is 1. The van der Waals surface area contributed by atoms with Gasteiger partial charge in [0.2, 0.25) is 0 Å². The summed E-state index contributed by atoms with van der Waals surface area (Å²) in [6.45, 7) is 0. The maximum atomic E-state index is 12.7. The van der Waals surface area contributed by atoms with Crippen molar-refractivity contribution < 1.29 is 27.4 Å². The second-order valence-corrected chi connectivity index (χ2v) is 7.61. The zero-order chi connectivity index (χ0) is 16.9. The standard InChI is InChI=1S/C18H19F3O3/c19-18(20,21)24-15-3-1-14(2-4-15)23-16(22)17-8-11-5-12(9-17)7-13(6-11)10-17/h1-4,11-13H,5-10H2. The molecule has 24 heavy (non-hydrogen) atoms. The fraction of sp³-hybridized carbons (Fsp3) is 0.611. The summed E-state index contributed by atoms with van der Waals surface area (Å²) in [7, 11) is 0. The van der Waals surface area contributed by atoms with Gasteiger partial charge in [0.1, 0.15) is 11.5 Å². The first-order valence-electron chi connectivity index (χ1n) is 8.39. The highest BCUT2D eigenvalue weighted by Gasteiger charge is 2.55. The number of halogens is 3. The zero-order valence-electron chi connectivity index (χ0n) is 13.1. The molecule has 130 valence electrons. The molecule has 4 bridgehead atoms. The first-order chi connectivity index (χ1) is 11.3. The third-order valence-corrected chi connectivity index (χ3v) is 5.74. The first kappa shape index (κ1) is 15.8. The Hall–Kier alpha value is -1.72. The molecule has 0 unspecified atom stereocenters. The van der Waals surface area contributed by atoms with Crippen molar-refractivity contribution in [1.29, 1.82) is 0 Å². The number of ether oxygens (including phenoxy) is 2. The lowest BCUT2D eigenvalue weighted by molar-refractivity contribution is -0.274. The molecule has 4 aliphatic carbocycles. The van der Waals surface area contributed by atoms with Crippen LogP contribution in [0.1, 0.15) is 38.5 Å². The van der Waals surface area contributed by atoms with E-state index in [0.717, 1.165) is 31.4 Å². The maximum absolute atomic E-state index is 12.7. The van der Waals surface area contributed by atoms with Crippen molar-refractivity contribution in [2.24, 2.45) is 23.2 Å². The second kappa shape index (κ2) is 5.39. The van der Waals surface area contributed by atoms with Crippen LogP contribution in [0, 0.1) is 23.2 Å². The molecule has 1 aromatic carbocycles. The Morgan fingerprint density at radius 1 is 0.917 bits per heavy atom. The lowest BCUT2D eigenvalue weighted by Crippen LogP contribution is -2.51. The third kappa shape index (κ3) is 2.98. The highest BCUT2D eigenvalue weighted by molar-refractivity contribution is 5.79. The second-order valence-electron chi connectivity index (χ2n) is 7.61.